The van der Waals surface area contributed by atoms with Gasteiger partial charge >= 0.3 is 11.9 Å². The van der Waals surface area contributed by atoms with Crippen LogP contribution in [0.1, 0.15) is 232 Å². The Labute approximate surface area is 323 Å². The van der Waals surface area contributed by atoms with Crippen LogP contribution >= 0.6 is 0 Å². The molecule has 5 nitrogen and oxygen atoms in total. The van der Waals surface area contributed by atoms with Crippen molar-refractivity contribution in [1.82, 2.24) is 0 Å². The number of esters is 2. The van der Waals surface area contributed by atoms with Gasteiger partial charge in [0, 0.05) is 12.8 Å². The van der Waals surface area contributed by atoms with Crippen molar-refractivity contribution in [3.63, 3.8) is 0 Å². The third-order valence-corrected chi connectivity index (χ3v) is 9.94. The van der Waals surface area contributed by atoms with Crippen molar-refractivity contribution in [2.24, 2.45) is 0 Å². The van der Waals surface area contributed by atoms with Gasteiger partial charge in [0.1, 0.15) is 6.61 Å². The number of unbranched alkanes of at least 4 members (excludes halogenated alkanes) is 27. The Morgan fingerprint density at radius 2 is 0.769 bits per heavy atom. The number of hydrogen-bond acceptors (Lipinski definition) is 5. The van der Waals surface area contributed by atoms with Gasteiger partial charge in [0.2, 0.25) is 0 Å². The molecule has 0 amide bonds. The van der Waals surface area contributed by atoms with E-state index < -0.39 is 6.10 Å². The predicted octanol–water partition coefficient (Wildman–Crippen LogP) is 14.4. The Kier molecular flexibility index (Phi) is 42.0. The van der Waals surface area contributed by atoms with E-state index in [4.69, 9.17) is 9.47 Å². The molecular weight excluding hydrogens is 645 g/mol. The smallest absolute Gasteiger partial charge is 0.306 e. The highest BCUT2D eigenvalue weighted by molar-refractivity contribution is 5.70. The number of allylic oxidation sites excluding steroid dienone is 6. The quantitative estimate of drug-likeness (QED) is 0.0385. The standard InChI is InChI=1S/C47H86O5/c1-3-5-7-9-11-13-15-17-19-21-22-23-24-26-27-29-31-33-35-37-39-41-46(49)51-44-45(43-48)52-47(50)42-40-38-36-34-32-30-28-25-20-18-16-14-12-10-8-6-4-2/h12,14,18,20,28,30,45,48H,3-11,13,15-17,19,21-27,29,31-44H2,1-2H3/t45-/m0/s1. The lowest BCUT2D eigenvalue weighted by atomic mass is 10.0. The Morgan fingerprint density at radius 1 is 0.442 bits per heavy atom. The maximum atomic E-state index is 12.2. The van der Waals surface area contributed by atoms with E-state index in [-0.39, 0.29) is 25.2 Å². The van der Waals surface area contributed by atoms with Gasteiger partial charge in [-0.3, -0.25) is 9.59 Å². The summed E-state index contributed by atoms with van der Waals surface area (Å²) in [5.41, 5.74) is 0. The number of rotatable bonds is 41. The van der Waals surface area contributed by atoms with Crippen LogP contribution in [0.4, 0.5) is 0 Å². The molecule has 5 heteroatoms. The lowest BCUT2D eigenvalue weighted by Gasteiger charge is -2.15. The van der Waals surface area contributed by atoms with Crippen molar-refractivity contribution in [3.8, 4) is 0 Å². The van der Waals surface area contributed by atoms with Crippen molar-refractivity contribution >= 4 is 11.9 Å². The first kappa shape index (κ1) is 50.1. The molecule has 0 aliphatic heterocycles. The summed E-state index contributed by atoms with van der Waals surface area (Å²) in [5.74, 6) is -0.607. The van der Waals surface area contributed by atoms with Crippen LogP contribution in [0.25, 0.3) is 0 Å². The molecule has 52 heavy (non-hydrogen) atoms. The van der Waals surface area contributed by atoms with Crippen molar-refractivity contribution < 1.29 is 24.2 Å². The fourth-order valence-electron chi connectivity index (χ4n) is 6.50. The first-order valence-corrected chi connectivity index (χ1v) is 22.5. The van der Waals surface area contributed by atoms with Crippen LogP contribution in [0.15, 0.2) is 36.5 Å². The second kappa shape index (κ2) is 43.5. The Bertz CT molecular complexity index is 832. The molecule has 0 spiro atoms. The van der Waals surface area contributed by atoms with Crippen LogP contribution in [0.2, 0.25) is 0 Å². The zero-order valence-electron chi connectivity index (χ0n) is 34.6. The van der Waals surface area contributed by atoms with Gasteiger partial charge in [0.15, 0.2) is 6.10 Å². The van der Waals surface area contributed by atoms with Crippen molar-refractivity contribution in [2.45, 2.75) is 238 Å². The molecule has 0 aliphatic carbocycles. The molecule has 0 fully saturated rings. The van der Waals surface area contributed by atoms with Crippen LogP contribution in [-0.2, 0) is 19.1 Å². The maximum absolute atomic E-state index is 12.2. The van der Waals surface area contributed by atoms with Crippen LogP contribution < -0.4 is 0 Å². The minimum atomic E-state index is -0.780. The normalized spacial score (nSPS) is 12.4. The molecule has 1 atom stereocenters. The molecule has 0 saturated heterocycles. The summed E-state index contributed by atoms with van der Waals surface area (Å²) in [7, 11) is 0. The monoisotopic (exact) mass is 731 g/mol. The average Bonchev–Trinajstić information content (AvgIpc) is 3.15. The fourth-order valence-corrected chi connectivity index (χ4v) is 6.50. The summed E-state index contributed by atoms with van der Waals surface area (Å²) in [6.07, 6.45) is 53.6. The van der Waals surface area contributed by atoms with Gasteiger partial charge in [-0.2, -0.15) is 0 Å². The first-order chi connectivity index (χ1) is 25.6. The van der Waals surface area contributed by atoms with Gasteiger partial charge in [-0.05, 0) is 51.4 Å². The van der Waals surface area contributed by atoms with E-state index >= 15 is 0 Å². The third-order valence-electron chi connectivity index (χ3n) is 9.94. The molecule has 304 valence electrons. The summed E-state index contributed by atoms with van der Waals surface area (Å²) in [5, 5.41) is 9.58. The van der Waals surface area contributed by atoms with Gasteiger partial charge in [-0.1, -0.05) is 204 Å². The van der Waals surface area contributed by atoms with Crippen LogP contribution in [-0.4, -0.2) is 36.4 Å². The highest BCUT2D eigenvalue weighted by Crippen LogP contribution is 2.16. The number of hydrogen-bond donors (Lipinski definition) is 1. The molecular formula is C47H86O5. The molecule has 0 heterocycles. The van der Waals surface area contributed by atoms with Crippen molar-refractivity contribution in [3.05, 3.63) is 36.5 Å². The largest absolute Gasteiger partial charge is 0.462 e. The third kappa shape index (κ3) is 40.9. The van der Waals surface area contributed by atoms with Crippen molar-refractivity contribution in [2.75, 3.05) is 13.2 Å². The molecule has 0 unspecified atom stereocenters. The summed E-state index contributed by atoms with van der Waals surface area (Å²) >= 11 is 0. The second-order valence-electron chi connectivity index (χ2n) is 15.1. The topological polar surface area (TPSA) is 72.8 Å². The lowest BCUT2D eigenvalue weighted by Crippen LogP contribution is -2.28. The number of aliphatic hydroxyl groups excluding tert-OH is 1. The van der Waals surface area contributed by atoms with Gasteiger partial charge in [-0.25, -0.2) is 0 Å². The summed E-state index contributed by atoms with van der Waals surface area (Å²) in [6, 6.07) is 0. The molecule has 0 aliphatic rings. The molecule has 0 aromatic carbocycles. The molecule has 1 N–H and O–H groups in total. The van der Waals surface area contributed by atoms with Crippen LogP contribution in [0, 0.1) is 0 Å². The molecule has 0 aromatic heterocycles. The molecule has 0 radical (unpaired) electrons. The molecule has 0 rings (SSSR count). The highest BCUT2D eigenvalue weighted by atomic mass is 16.6. The predicted molar refractivity (Wildman–Crippen MR) is 224 cm³/mol. The average molecular weight is 731 g/mol. The van der Waals surface area contributed by atoms with E-state index in [0.717, 1.165) is 64.2 Å². The Hall–Kier alpha value is -1.88. The summed E-state index contributed by atoms with van der Waals surface area (Å²) in [4.78, 5) is 24.3. The second-order valence-corrected chi connectivity index (χ2v) is 15.1. The van der Waals surface area contributed by atoms with Gasteiger partial charge in [0.05, 0.1) is 6.61 Å². The van der Waals surface area contributed by atoms with Gasteiger partial charge in [-0.15, -0.1) is 0 Å². The van der Waals surface area contributed by atoms with Crippen LogP contribution in [0.5, 0.6) is 0 Å². The van der Waals surface area contributed by atoms with Gasteiger partial charge < -0.3 is 14.6 Å². The van der Waals surface area contributed by atoms with Crippen molar-refractivity contribution in [1.29, 1.82) is 0 Å². The maximum Gasteiger partial charge on any atom is 0.306 e. The SMILES string of the molecule is CCCCCC=CCC=CCC=CCCCCCCC(=O)O[C@@H](CO)COC(=O)CCCCCCCCCCCCCCCCCCCCCCC. The molecule has 0 bridgehead atoms. The lowest BCUT2D eigenvalue weighted by molar-refractivity contribution is -0.161. The molecule has 0 aromatic rings. The number of carbonyl (C=O) groups is 2. The van der Waals surface area contributed by atoms with E-state index in [1.54, 1.807) is 0 Å². The number of ether oxygens (including phenoxy) is 2. The fraction of sp³-hybridized carbons (Fsp3) is 0.830. The van der Waals surface area contributed by atoms with E-state index in [0.29, 0.717) is 12.8 Å². The Morgan fingerprint density at radius 3 is 1.19 bits per heavy atom. The zero-order chi connectivity index (χ0) is 37.8. The zero-order valence-corrected chi connectivity index (χ0v) is 34.6. The van der Waals surface area contributed by atoms with E-state index in [1.807, 2.05) is 0 Å². The first-order valence-electron chi connectivity index (χ1n) is 22.5. The highest BCUT2D eigenvalue weighted by Gasteiger charge is 2.16. The molecule has 0 saturated carbocycles. The minimum Gasteiger partial charge on any atom is -0.462 e. The Balaban J connectivity index is 3.52. The number of aliphatic hydroxyl groups is 1. The van der Waals surface area contributed by atoms with Crippen LogP contribution in [0.3, 0.4) is 0 Å². The van der Waals surface area contributed by atoms with E-state index in [2.05, 4.69) is 50.3 Å². The van der Waals surface area contributed by atoms with Gasteiger partial charge in [0.25, 0.3) is 0 Å². The van der Waals surface area contributed by atoms with E-state index in [1.165, 1.54) is 141 Å². The summed E-state index contributed by atoms with van der Waals surface area (Å²) < 4.78 is 10.6. The summed E-state index contributed by atoms with van der Waals surface area (Å²) in [6.45, 7) is 4.11. The minimum absolute atomic E-state index is 0.0718. The number of carbonyl (C=O) groups excluding carboxylic acids is 2. The van der Waals surface area contributed by atoms with E-state index in [9.17, 15) is 14.7 Å².